The Labute approximate surface area is 266 Å². The van der Waals surface area contributed by atoms with Crippen molar-refractivity contribution >= 4 is 8.25 Å². The van der Waals surface area contributed by atoms with Crippen molar-refractivity contribution in [3.05, 3.63) is 0 Å². The monoisotopic (exact) mass is 613 g/mol. The zero-order valence-corrected chi connectivity index (χ0v) is 30.1. The van der Waals surface area contributed by atoms with Crippen LogP contribution < -0.4 is 4.89 Å². The van der Waals surface area contributed by atoms with Crippen molar-refractivity contribution in [2.45, 2.75) is 245 Å². The van der Waals surface area contributed by atoms with Crippen LogP contribution in [-0.2, 0) is 9.09 Å². The molecule has 0 fully saturated rings. The van der Waals surface area contributed by atoms with E-state index in [2.05, 4.69) is 13.8 Å². The van der Waals surface area contributed by atoms with Gasteiger partial charge in [-0.15, -0.1) is 4.52 Å². The van der Waals surface area contributed by atoms with Crippen LogP contribution in [0.5, 0.6) is 0 Å². The molecule has 0 spiro atoms. The Hall–Kier alpha value is 0.0200. The van der Waals surface area contributed by atoms with E-state index in [1.807, 2.05) is 6.92 Å². The fourth-order valence-electron chi connectivity index (χ4n) is 6.49. The van der Waals surface area contributed by atoms with Gasteiger partial charge in [0.05, 0.1) is 0 Å². The molecular formula is C38H77O3P. The summed E-state index contributed by atoms with van der Waals surface area (Å²) in [6.45, 7) is 6.60. The molecule has 42 heavy (non-hydrogen) atoms. The summed E-state index contributed by atoms with van der Waals surface area (Å²) in [5.41, 5.74) is -0.499. The van der Waals surface area contributed by atoms with Gasteiger partial charge in [0.1, 0.15) is 5.60 Å². The van der Waals surface area contributed by atoms with Gasteiger partial charge in [-0.05, 0) is 24.3 Å². The van der Waals surface area contributed by atoms with Crippen LogP contribution in [0.15, 0.2) is 0 Å². The number of hydrogen-bond donors (Lipinski definition) is 0. The maximum Gasteiger partial charge on any atom is 0.489 e. The highest BCUT2D eigenvalue weighted by Gasteiger charge is 2.31. The number of hydrogen-bond acceptors (Lipinski definition) is 3. The van der Waals surface area contributed by atoms with Gasteiger partial charge in [0.25, 0.3) is 0 Å². The van der Waals surface area contributed by atoms with E-state index in [0.717, 1.165) is 25.7 Å². The van der Waals surface area contributed by atoms with Gasteiger partial charge in [-0.25, -0.2) is 0 Å². The summed E-state index contributed by atoms with van der Waals surface area (Å²) in [6.07, 6.45) is 45.3. The fraction of sp³-hybridized carbons (Fsp3) is 1.00. The topological polar surface area (TPSA) is 49.4 Å². The van der Waals surface area contributed by atoms with Crippen LogP contribution in [0, 0.1) is 0 Å². The summed E-state index contributed by atoms with van der Waals surface area (Å²) in [5, 5.41) is 0. The Morgan fingerprint density at radius 1 is 0.405 bits per heavy atom. The van der Waals surface area contributed by atoms with Crippen LogP contribution in [0.3, 0.4) is 0 Å². The molecule has 1 unspecified atom stereocenters. The summed E-state index contributed by atoms with van der Waals surface area (Å²) in [5.74, 6) is 0. The zero-order valence-electron chi connectivity index (χ0n) is 29.2. The molecule has 0 saturated heterocycles. The van der Waals surface area contributed by atoms with Crippen LogP contribution in [0.1, 0.15) is 239 Å². The Bertz CT molecular complexity index is 502. The van der Waals surface area contributed by atoms with Crippen LogP contribution in [-0.4, -0.2) is 5.60 Å². The van der Waals surface area contributed by atoms with E-state index in [9.17, 15) is 9.46 Å². The molecule has 0 saturated carbocycles. The molecular weight excluding hydrogens is 535 g/mol. The quantitative estimate of drug-likeness (QED) is 0.0522. The van der Waals surface area contributed by atoms with Crippen molar-refractivity contribution in [1.82, 2.24) is 0 Å². The van der Waals surface area contributed by atoms with Crippen molar-refractivity contribution in [2.24, 2.45) is 0 Å². The van der Waals surface area contributed by atoms with Crippen LogP contribution in [0.2, 0.25) is 0 Å². The largest absolute Gasteiger partial charge is 0.566 e. The second kappa shape index (κ2) is 33.9. The molecule has 0 aromatic rings. The van der Waals surface area contributed by atoms with E-state index < -0.39 is 13.9 Å². The lowest BCUT2D eigenvalue weighted by Crippen LogP contribution is -2.27. The molecule has 4 heteroatoms. The predicted molar refractivity (Wildman–Crippen MR) is 185 cm³/mol. The van der Waals surface area contributed by atoms with Gasteiger partial charge in [0.2, 0.25) is 0 Å². The lowest BCUT2D eigenvalue weighted by molar-refractivity contribution is -0.196. The first-order valence-electron chi connectivity index (χ1n) is 19.4. The maximum atomic E-state index is 11.4. The van der Waals surface area contributed by atoms with Gasteiger partial charge in [-0.2, -0.15) is 0 Å². The smallest absolute Gasteiger partial charge is 0.489 e. The first kappa shape index (κ1) is 42.0. The Kier molecular flexibility index (Phi) is 33.9. The van der Waals surface area contributed by atoms with Gasteiger partial charge in [0, 0.05) is 0 Å². The van der Waals surface area contributed by atoms with E-state index >= 15 is 0 Å². The standard InChI is InChI=1S/C38H77O3P/c1-4-6-8-10-12-14-16-18-20-22-24-26-28-30-32-34-36-38(3,41-42(39)40)37-35-33-31-29-27-25-23-21-19-17-15-13-11-9-7-5-2/h4-37H2,1-3H3. The van der Waals surface area contributed by atoms with Gasteiger partial charge in [-0.1, -0.05) is 219 Å². The van der Waals surface area contributed by atoms with Gasteiger partial charge >= 0.3 is 8.25 Å². The van der Waals surface area contributed by atoms with E-state index in [0.29, 0.717) is 0 Å². The minimum Gasteiger partial charge on any atom is -0.566 e. The second-order valence-corrected chi connectivity index (χ2v) is 14.5. The summed E-state index contributed by atoms with van der Waals surface area (Å²) >= 11 is 0. The lowest BCUT2D eigenvalue weighted by Gasteiger charge is -2.24. The Morgan fingerprint density at radius 2 is 0.595 bits per heavy atom. The molecule has 0 aliphatic carbocycles. The highest BCUT2D eigenvalue weighted by atomic mass is 31.1. The predicted octanol–water partition coefficient (Wildman–Crippen LogP) is 14.1. The Morgan fingerprint density at radius 3 is 0.786 bits per heavy atom. The normalized spacial score (nSPS) is 12.3. The van der Waals surface area contributed by atoms with Crippen molar-refractivity contribution in [3.63, 3.8) is 0 Å². The van der Waals surface area contributed by atoms with E-state index in [-0.39, 0.29) is 0 Å². The van der Waals surface area contributed by atoms with Gasteiger partial charge < -0.3 is 4.89 Å². The van der Waals surface area contributed by atoms with E-state index in [1.165, 1.54) is 193 Å². The van der Waals surface area contributed by atoms with Crippen LogP contribution >= 0.6 is 8.25 Å². The van der Waals surface area contributed by atoms with Crippen LogP contribution in [0.25, 0.3) is 0 Å². The third-order valence-electron chi connectivity index (χ3n) is 9.41. The number of unbranched alkanes of at least 4 members (excludes halogenated alkanes) is 30. The summed E-state index contributed by atoms with van der Waals surface area (Å²) in [6, 6.07) is 0. The average Bonchev–Trinajstić information content (AvgIpc) is 2.96. The first-order valence-corrected chi connectivity index (χ1v) is 20.5. The first-order chi connectivity index (χ1) is 20.5. The second-order valence-electron chi connectivity index (χ2n) is 13.9. The summed E-state index contributed by atoms with van der Waals surface area (Å²) < 4.78 is 16.8. The van der Waals surface area contributed by atoms with Gasteiger partial charge in [0.15, 0.2) is 0 Å². The van der Waals surface area contributed by atoms with Crippen molar-refractivity contribution in [1.29, 1.82) is 0 Å². The highest BCUT2D eigenvalue weighted by molar-refractivity contribution is 7.30. The molecule has 0 aliphatic rings. The summed E-state index contributed by atoms with van der Waals surface area (Å²) in [4.78, 5) is 11.4. The molecule has 0 N–H and O–H groups in total. The molecule has 0 heterocycles. The average molecular weight is 613 g/mol. The molecule has 0 aromatic carbocycles. The molecule has 252 valence electrons. The SMILES string of the molecule is CCCCCCCCCCCCCCCCCCC(C)(CCCCCCCCCCCCCCCCCC)O[P+](=O)[O-]. The van der Waals surface area contributed by atoms with E-state index in [4.69, 9.17) is 4.52 Å². The molecule has 0 rings (SSSR count). The number of rotatable bonds is 36. The van der Waals surface area contributed by atoms with Crippen molar-refractivity contribution in [2.75, 3.05) is 0 Å². The molecule has 0 radical (unpaired) electrons. The third kappa shape index (κ3) is 32.9. The molecule has 3 nitrogen and oxygen atoms in total. The fourth-order valence-corrected chi connectivity index (χ4v) is 7.03. The molecule has 0 aromatic heterocycles. The molecule has 0 aliphatic heterocycles. The van der Waals surface area contributed by atoms with Crippen LogP contribution in [0.4, 0.5) is 0 Å². The third-order valence-corrected chi connectivity index (χ3v) is 10.0. The minimum absolute atomic E-state index is 0.499. The van der Waals surface area contributed by atoms with E-state index in [1.54, 1.807) is 0 Å². The minimum atomic E-state index is -2.78. The van der Waals surface area contributed by atoms with Crippen molar-refractivity contribution < 1.29 is 14.0 Å². The maximum absolute atomic E-state index is 11.4. The molecule has 0 amide bonds. The molecule has 0 bridgehead atoms. The zero-order chi connectivity index (χ0) is 30.8. The Balaban J connectivity index is 3.60. The lowest BCUT2D eigenvalue weighted by atomic mass is 9.91. The summed E-state index contributed by atoms with van der Waals surface area (Å²) in [7, 11) is -2.78. The molecule has 1 atom stereocenters. The highest BCUT2D eigenvalue weighted by Crippen LogP contribution is 2.33. The van der Waals surface area contributed by atoms with Crippen molar-refractivity contribution in [3.8, 4) is 0 Å². The van der Waals surface area contributed by atoms with Gasteiger partial charge in [-0.3, -0.25) is 0 Å².